The minimum Gasteiger partial charge on any atom is -0.384 e. The van der Waals surface area contributed by atoms with Crippen molar-refractivity contribution in [1.82, 2.24) is 29.4 Å². The van der Waals surface area contributed by atoms with E-state index >= 15 is 0 Å². The van der Waals surface area contributed by atoms with Crippen LogP contribution in [0.2, 0.25) is 0 Å². The number of alkyl halides is 3. The van der Waals surface area contributed by atoms with Crippen molar-refractivity contribution in [2.45, 2.75) is 37.8 Å². The van der Waals surface area contributed by atoms with Crippen molar-refractivity contribution in [3.05, 3.63) is 35.7 Å². The first-order chi connectivity index (χ1) is 18.6. The van der Waals surface area contributed by atoms with Gasteiger partial charge < -0.3 is 20.3 Å². The molecule has 3 aliphatic heterocycles. The Morgan fingerprint density at radius 1 is 1.10 bits per heavy atom. The summed E-state index contributed by atoms with van der Waals surface area (Å²) < 4.78 is 66.0. The number of anilines is 2. The highest BCUT2D eigenvalue weighted by Gasteiger charge is 2.37. The lowest BCUT2D eigenvalue weighted by Gasteiger charge is -2.33. The summed E-state index contributed by atoms with van der Waals surface area (Å²) in [6, 6.07) is 2.90. The van der Waals surface area contributed by atoms with Gasteiger partial charge in [0.1, 0.15) is 11.3 Å². The number of nitrogens with two attached hydrogens (primary N) is 1. The third kappa shape index (κ3) is 6.05. The lowest BCUT2D eigenvalue weighted by Crippen LogP contribution is -2.43. The molecule has 0 aliphatic carbocycles. The minimum absolute atomic E-state index is 0.0297. The van der Waals surface area contributed by atoms with Crippen LogP contribution in [0.25, 0.3) is 16.9 Å². The monoisotopic (exact) mass is 566 g/mol. The Labute approximate surface area is 226 Å². The molecule has 39 heavy (non-hydrogen) atoms. The van der Waals surface area contributed by atoms with Crippen molar-refractivity contribution in [2.75, 3.05) is 56.9 Å². The molecule has 0 saturated carbocycles. The van der Waals surface area contributed by atoms with Crippen molar-refractivity contribution in [3.8, 4) is 11.4 Å². The first-order valence-electron chi connectivity index (χ1n) is 12.6. The first kappa shape index (κ1) is 27.4. The van der Waals surface area contributed by atoms with Crippen molar-refractivity contribution < 1.29 is 26.3 Å². The number of likely N-dealkylation sites (N-methyl/N-ethyl adjacent to an activating group) is 1. The molecular weight excluding hydrogens is 537 g/mol. The van der Waals surface area contributed by atoms with E-state index in [1.165, 1.54) is 0 Å². The Kier molecular flexibility index (Phi) is 7.84. The molecule has 3 aliphatic rings. The van der Waals surface area contributed by atoms with Crippen molar-refractivity contribution >= 4 is 28.7 Å². The summed E-state index contributed by atoms with van der Waals surface area (Å²) in [4.78, 5) is 15.4. The second kappa shape index (κ2) is 11.2. The number of fused-ring (bicyclic) bond motifs is 3. The van der Waals surface area contributed by atoms with E-state index < -0.39 is 23.3 Å². The van der Waals surface area contributed by atoms with Gasteiger partial charge in [0.05, 0.1) is 23.3 Å². The fourth-order valence-corrected chi connectivity index (χ4v) is 5.41. The van der Waals surface area contributed by atoms with Crippen LogP contribution < -0.4 is 10.6 Å². The number of hydrogen-bond donors (Lipinski definition) is 1. The number of halogens is 3. The van der Waals surface area contributed by atoms with Gasteiger partial charge in [-0.25, -0.2) is 14.5 Å². The van der Waals surface area contributed by atoms with Gasteiger partial charge in [0.2, 0.25) is 0 Å². The van der Waals surface area contributed by atoms with Crippen LogP contribution >= 0.6 is 0 Å². The zero-order valence-corrected chi connectivity index (χ0v) is 22.1. The van der Waals surface area contributed by atoms with Crippen LogP contribution in [-0.4, -0.2) is 96.3 Å². The van der Waals surface area contributed by atoms with E-state index in [1.807, 2.05) is 6.20 Å². The van der Waals surface area contributed by atoms with Gasteiger partial charge in [-0.3, -0.25) is 4.90 Å². The van der Waals surface area contributed by atoms with Gasteiger partial charge in [0, 0.05) is 58.2 Å². The van der Waals surface area contributed by atoms with Gasteiger partial charge in [0.15, 0.2) is 11.6 Å². The molecule has 15 heteroatoms. The molecule has 2 atom stereocenters. The van der Waals surface area contributed by atoms with Crippen LogP contribution in [-0.2, 0) is 29.0 Å². The number of rotatable bonds is 4. The third-order valence-corrected chi connectivity index (χ3v) is 7.32. The molecule has 3 aromatic heterocycles. The Morgan fingerprint density at radius 3 is 2.41 bits per heavy atom. The Bertz CT molecular complexity index is 1360. The normalized spacial score (nSPS) is 22.1. The average molecular weight is 567 g/mol. The average Bonchev–Trinajstić information content (AvgIpc) is 3.45. The molecular formula is C24H29F3N8O3S. The summed E-state index contributed by atoms with van der Waals surface area (Å²) in [6.07, 6.45) is 0.551. The molecule has 2 unspecified atom stereocenters. The zero-order chi connectivity index (χ0) is 27.7. The van der Waals surface area contributed by atoms with Gasteiger partial charge in [0.25, 0.3) is 0 Å². The number of morpholine rings is 1. The highest BCUT2D eigenvalue weighted by molar-refractivity contribution is 7.51. The number of pyridine rings is 1. The highest BCUT2D eigenvalue weighted by Crippen LogP contribution is 2.38. The third-order valence-electron chi connectivity index (χ3n) is 7.32. The molecule has 6 rings (SSSR count). The molecule has 0 aromatic carbocycles. The second-order valence-electron chi connectivity index (χ2n) is 10.1. The minimum atomic E-state index is -4.62. The lowest BCUT2D eigenvalue weighted by atomic mass is 10.1. The quantitative estimate of drug-likeness (QED) is 0.501. The lowest BCUT2D eigenvalue weighted by molar-refractivity contribution is -0.137. The summed E-state index contributed by atoms with van der Waals surface area (Å²) >= 11 is -0.750. The van der Waals surface area contributed by atoms with E-state index in [0.29, 0.717) is 18.9 Å². The van der Waals surface area contributed by atoms with Gasteiger partial charge in [-0.2, -0.15) is 21.6 Å². The van der Waals surface area contributed by atoms with E-state index in [4.69, 9.17) is 23.9 Å². The largest absolute Gasteiger partial charge is 0.417 e. The molecule has 0 spiro atoms. The predicted octanol–water partition coefficient (Wildman–Crippen LogP) is 1.84. The molecule has 3 saturated heterocycles. The maximum Gasteiger partial charge on any atom is 0.417 e. The summed E-state index contributed by atoms with van der Waals surface area (Å²) in [5, 5.41) is 4.52. The molecule has 0 amide bonds. The number of ether oxygens (including phenoxy) is 1. The van der Waals surface area contributed by atoms with Gasteiger partial charge in [-0.15, -0.1) is 5.10 Å². The molecule has 210 valence electrons. The van der Waals surface area contributed by atoms with E-state index in [2.05, 4.69) is 37.9 Å². The maximum absolute atomic E-state index is 13.9. The molecule has 11 nitrogen and oxygen atoms in total. The zero-order valence-electron chi connectivity index (χ0n) is 21.3. The topological polar surface area (TPSA) is 122 Å². The van der Waals surface area contributed by atoms with Gasteiger partial charge >= 0.3 is 17.7 Å². The standard InChI is InChI=1S/C24H29F3N8O.O2S/c1-32-4-6-33(7-5-32)11-15-8-20-23(34-13-16-2-3-17(14-34)36-16)30-22(31-35(20)12-15)18-10-29-21(28)9-19(18)24(25,26)27;1-3-2/h8-10,12,16-17H,2-7,11,13-14H2,1H3,(H2,28,29);. The number of aromatic nitrogens is 4. The predicted molar refractivity (Wildman–Crippen MR) is 137 cm³/mol. The molecule has 3 fully saturated rings. The van der Waals surface area contributed by atoms with Crippen LogP contribution in [0.5, 0.6) is 0 Å². The summed E-state index contributed by atoms with van der Waals surface area (Å²) in [7, 11) is 2.12. The number of nitrogens with zero attached hydrogens (tertiary/aromatic N) is 7. The Balaban J connectivity index is 0.000000983. The molecule has 6 heterocycles. The fourth-order valence-electron chi connectivity index (χ4n) is 5.41. The van der Waals surface area contributed by atoms with Crippen LogP contribution in [0.1, 0.15) is 24.0 Å². The fraction of sp³-hybridized carbons (Fsp3) is 0.542. The van der Waals surface area contributed by atoms with Gasteiger partial charge in [-0.1, -0.05) is 0 Å². The SMILES string of the molecule is CN1CCN(Cc2cc3c(N4CC5CCC(C4)O5)nc(-c4cnc(N)cc4C(F)(F)F)nn3c2)CC1.O=S=O. The Morgan fingerprint density at radius 2 is 1.77 bits per heavy atom. The van der Waals surface area contributed by atoms with E-state index in [9.17, 15) is 13.2 Å². The summed E-state index contributed by atoms with van der Waals surface area (Å²) in [6.45, 7) is 5.97. The van der Waals surface area contributed by atoms with Crippen molar-refractivity contribution in [3.63, 3.8) is 0 Å². The number of nitrogen functional groups attached to an aromatic ring is 1. The van der Waals surface area contributed by atoms with Crippen LogP contribution in [0.15, 0.2) is 24.5 Å². The van der Waals surface area contributed by atoms with E-state index in [1.54, 1.807) is 4.52 Å². The number of piperazine rings is 1. The summed E-state index contributed by atoms with van der Waals surface area (Å²) in [5.74, 6) is 0.389. The van der Waals surface area contributed by atoms with Crippen LogP contribution in [0.3, 0.4) is 0 Å². The summed E-state index contributed by atoms with van der Waals surface area (Å²) in [5.41, 5.74) is 6.34. The Hall–Kier alpha value is -3.14. The van der Waals surface area contributed by atoms with Crippen molar-refractivity contribution in [1.29, 1.82) is 0 Å². The second-order valence-corrected chi connectivity index (χ2v) is 10.2. The molecule has 3 aromatic rings. The van der Waals surface area contributed by atoms with E-state index in [-0.39, 0.29) is 29.4 Å². The maximum atomic E-state index is 13.9. The molecule has 2 bridgehead atoms. The van der Waals surface area contributed by atoms with Crippen LogP contribution in [0.4, 0.5) is 24.8 Å². The van der Waals surface area contributed by atoms with E-state index in [0.717, 1.165) is 68.9 Å². The first-order valence-corrected chi connectivity index (χ1v) is 13.3. The highest BCUT2D eigenvalue weighted by atomic mass is 32.1. The smallest absolute Gasteiger partial charge is 0.384 e. The number of hydrogen-bond acceptors (Lipinski definition) is 10. The van der Waals surface area contributed by atoms with Crippen molar-refractivity contribution in [2.24, 2.45) is 0 Å². The molecule has 2 N–H and O–H groups in total. The van der Waals surface area contributed by atoms with Crippen LogP contribution in [0, 0.1) is 0 Å². The van der Waals surface area contributed by atoms with Gasteiger partial charge in [-0.05, 0) is 37.6 Å². The molecule has 0 radical (unpaired) electrons.